The van der Waals surface area contributed by atoms with Crippen LogP contribution in [0.25, 0.3) is 0 Å². The van der Waals surface area contributed by atoms with E-state index in [1.165, 1.54) is 7.11 Å². The molecule has 0 aliphatic carbocycles. The van der Waals surface area contributed by atoms with E-state index >= 15 is 0 Å². The number of nitrogens with one attached hydrogen (secondary N) is 1. The largest absolute Gasteiger partial charge is 0.480 e. The molecule has 0 bridgehead atoms. The molecule has 1 atom stereocenters. The summed E-state index contributed by atoms with van der Waals surface area (Å²) < 4.78 is 30.1. The third-order valence-corrected chi connectivity index (χ3v) is 5.04. The standard InChI is InChI=1S/C11H14N2O6S/c1-19-11(16)8-5-7(6-12-8)20(17,18)13-4-2-3-9(13)10(14)15/h5-6,9,12H,2-4H2,1H3,(H,14,15)/t9-/m1/s1. The number of hydrogen-bond acceptors (Lipinski definition) is 5. The second kappa shape index (κ2) is 5.25. The molecular weight excluding hydrogens is 288 g/mol. The number of sulfonamides is 1. The topological polar surface area (TPSA) is 117 Å². The fourth-order valence-electron chi connectivity index (χ4n) is 2.16. The lowest BCUT2D eigenvalue weighted by Crippen LogP contribution is -2.40. The predicted molar refractivity (Wildman–Crippen MR) is 66.7 cm³/mol. The van der Waals surface area contributed by atoms with Gasteiger partial charge >= 0.3 is 11.9 Å². The van der Waals surface area contributed by atoms with Crippen molar-refractivity contribution in [2.45, 2.75) is 23.8 Å². The van der Waals surface area contributed by atoms with Gasteiger partial charge in [-0.1, -0.05) is 0 Å². The van der Waals surface area contributed by atoms with Crippen molar-refractivity contribution in [3.8, 4) is 0 Å². The summed E-state index contributed by atoms with van der Waals surface area (Å²) in [5, 5.41) is 9.04. The molecule has 8 nitrogen and oxygen atoms in total. The summed E-state index contributed by atoms with van der Waals surface area (Å²) >= 11 is 0. The van der Waals surface area contributed by atoms with Gasteiger partial charge in [-0.3, -0.25) is 4.79 Å². The molecule has 1 aromatic rings. The zero-order chi connectivity index (χ0) is 14.9. The van der Waals surface area contributed by atoms with Crippen LogP contribution >= 0.6 is 0 Å². The number of ether oxygens (including phenoxy) is 1. The average molecular weight is 302 g/mol. The molecule has 0 saturated carbocycles. The van der Waals surface area contributed by atoms with Crippen LogP contribution in [0.1, 0.15) is 23.3 Å². The van der Waals surface area contributed by atoms with Crippen LogP contribution < -0.4 is 0 Å². The van der Waals surface area contributed by atoms with Crippen molar-refractivity contribution in [1.29, 1.82) is 0 Å². The van der Waals surface area contributed by atoms with Gasteiger partial charge in [0.2, 0.25) is 10.0 Å². The quantitative estimate of drug-likeness (QED) is 0.758. The molecule has 110 valence electrons. The van der Waals surface area contributed by atoms with Gasteiger partial charge in [0.15, 0.2) is 0 Å². The molecule has 1 aliphatic heterocycles. The molecule has 0 radical (unpaired) electrons. The number of aromatic amines is 1. The smallest absolute Gasteiger partial charge is 0.354 e. The van der Waals surface area contributed by atoms with Gasteiger partial charge in [0.25, 0.3) is 0 Å². The third kappa shape index (κ3) is 2.41. The van der Waals surface area contributed by atoms with Gasteiger partial charge in [0, 0.05) is 12.7 Å². The molecular formula is C11H14N2O6S. The van der Waals surface area contributed by atoms with E-state index in [0.29, 0.717) is 6.42 Å². The number of carboxylic acid groups (broad SMARTS) is 1. The molecule has 2 rings (SSSR count). The molecule has 1 fully saturated rings. The van der Waals surface area contributed by atoms with Crippen LogP contribution in [0.4, 0.5) is 0 Å². The van der Waals surface area contributed by atoms with E-state index in [1.807, 2.05) is 0 Å². The highest BCUT2D eigenvalue weighted by atomic mass is 32.2. The number of esters is 1. The van der Waals surface area contributed by atoms with Crippen molar-refractivity contribution in [3.05, 3.63) is 18.0 Å². The number of hydrogen-bond donors (Lipinski definition) is 2. The van der Waals surface area contributed by atoms with E-state index in [0.717, 1.165) is 16.6 Å². The van der Waals surface area contributed by atoms with E-state index in [9.17, 15) is 18.0 Å². The Morgan fingerprint density at radius 1 is 1.50 bits per heavy atom. The second-order valence-corrected chi connectivity index (χ2v) is 6.24. The molecule has 2 N–H and O–H groups in total. The van der Waals surface area contributed by atoms with Gasteiger partial charge in [-0.15, -0.1) is 0 Å². The van der Waals surface area contributed by atoms with Gasteiger partial charge in [-0.05, 0) is 18.9 Å². The van der Waals surface area contributed by atoms with Crippen molar-refractivity contribution in [2.75, 3.05) is 13.7 Å². The highest BCUT2D eigenvalue weighted by Gasteiger charge is 2.40. The van der Waals surface area contributed by atoms with E-state index in [-0.39, 0.29) is 23.6 Å². The number of carboxylic acids is 1. The minimum atomic E-state index is -3.94. The molecule has 2 heterocycles. The van der Waals surface area contributed by atoms with Crippen LogP contribution in [0.15, 0.2) is 17.2 Å². The summed E-state index contributed by atoms with van der Waals surface area (Å²) in [4.78, 5) is 24.7. The Hall–Kier alpha value is -1.87. The first-order valence-corrected chi connectivity index (χ1v) is 7.33. The summed E-state index contributed by atoms with van der Waals surface area (Å²) in [5.41, 5.74) is -0.00264. The lowest BCUT2D eigenvalue weighted by molar-refractivity contribution is -0.140. The lowest BCUT2D eigenvalue weighted by atomic mass is 10.2. The minimum Gasteiger partial charge on any atom is -0.480 e. The first-order valence-electron chi connectivity index (χ1n) is 5.89. The molecule has 1 saturated heterocycles. The van der Waals surface area contributed by atoms with Crippen LogP contribution in [-0.4, -0.2) is 54.4 Å². The number of H-pyrrole nitrogens is 1. The second-order valence-electron chi connectivity index (χ2n) is 4.35. The molecule has 20 heavy (non-hydrogen) atoms. The maximum atomic E-state index is 12.4. The highest BCUT2D eigenvalue weighted by molar-refractivity contribution is 7.89. The highest BCUT2D eigenvalue weighted by Crippen LogP contribution is 2.26. The van der Waals surface area contributed by atoms with Gasteiger partial charge in [0.05, 0.1) is 7.11 Å². The molecule has 0 spiro atoms. The Morgan fingerprint density at radius 2 is 2.20 bits per heavy atom. The SMILES string of the molecule is COC(=O)c1cc(S(=O)(=O)N2CCC[C@@H]2C(=O)O)c[nH]1. The van der Waals surface area contributed by atoms with Crippen LogP contribution in [0, 0.1) is 0 Å². The lowest BCUT2D eigenvalue weighted by Gasteiger charge is -2.19. The van der Waals surface area contributed by atoms with Crippen LogP contribution in [0.2, 0.25) is 0 Å². The number of methoxy groups -OCH3 is 1. The van der Waals surface area contributed by atoms with Crippen molar-refractivity contribution in [1.82, 2.24) is 9.29 Å². The van der Waals surface area contributed by atoms with Gasteiger partial charge < -0.3 is 14.8 Å². The summed E-state index contributed by atoms with van der Waals surface area (Å²) in [5.74, 6) is -1.86. The van der Waals surface area contributed by atoms with Crippen LogP contribution in [0.5, 0.6) is 0 Å². The molecule has 1 aromatic heterocycles. The Bertz CT molecular complexity index is 635. The number of carbonyl (C=O) groups is 2. The first kappa shape index (κ1) is 14.5. The fourth-order valence-corrected chi connectivity index (χ4v) is 3.81. The minimum absolute atomic E-state index is 0.00264. The van der Waals surface area contributed by atoms with E-state index in [2.05, 4.69) is 9.72 Å². The number of aromatic nitrogens is 1. The maximum absolute atomic E-state index is 12.4. The fraction of sp³-hybridized carbons (Fsp3) is 0.455. The molecule has 0 unspecified atom stereocenters. The van der Waals surface area contributed by atoms with Crippen LogP contribution in [-0.2, 0) is 19.6 Å². The normalized spacial score (nSPS) is 19.9. The Balaban J connectivity index is 2.33. The Kier molecular flexibility index (Phi) is 3.82. The average Bonchev–Trinajstić information content (AvgIpc) is 3.06. The summed E-state index contributed by atoms with van der Waals surface area (Å²) in [6.07, 6.45) is 1.92. The van der Waals surface area contributed by atoms with E-state index < -0.39 is 28.0 Å². The zero-order valence-electron chi connectivity index (χ0n) is 10.7. The maximum Gasteiger partial charge on any atom is 0.354 e. The predicted octanol–water partition coefficient (Wildman–Crippen LogP) is 0.0390. The van der Waals surface area contributed by atoms with Crippen molar-refractivity contribution < 1.29 is 27.9 Å². The zero-order valence-corrected chi connectivity index (χ0v) is 11.5. The van der Waals surface area contributed by atoms with Crippen LogP contribution in [0.3, 0.4) is 0 Å². The van der Waals surface area contributed by atoms with Crippen molar-refractivity contribution in [2.24, 2.45) is 0 Å². The van der Waals surface area contributed by atoms with Gasteiger partial charge in [0.1, 0.15) is 16.6 Å². The van der Waals surface area contributed by atoms with Gasteiger partial charge in [-0.25, -0.2) is 13.2 Å². The number of aliphatic carboxylic acids is 1. The third-order valence-electron chi connectivity index (χ3n) is 3.16. The summed E-state index contributed by atoms with van der Waals surface area (Å²) in [6.45, 7) is 0.151. The van der Waals surface area contributed by atoms with Crippen molar-refractivity contribution >= 4 is 22.0 Å². The number of carbonyl (C=O) groups excluding carboxylic acids is 1. The summed E-state index contributed by atoms with van der Waals surface area (Å²) in [6, 6.07) is 0.0785. The van der Waals surface area contributed by atoms with E-state index in [1.54, 1.807) is 0 Å². The molecule has 9 heteroatoms. The molecule has 0 amide bonds. The molecule has 0 aromatic carbocycles. The monoisotopic (exact) mass is 302 g/mol. The Morgan fingerprint density at radius 3 is 2.80 bits per heavy atom. The molecule has 1 aliphatic rings. The van der Waals surface area contributed by atoms with Crippen molar-refractivity contribution in [3.63, 3.8) is 0 Å². The number of nitrogens with zero attached hydrogens (tertiary/aromatic N) is 1. The Labute approximate surface area is 115 Å². The van der Waals surface area contributed by atoms with Gasteiger partial charge in [-0.2, -0.15) is 4.31 Å². The van der Waals surface area contributed by atoms with E-state index in [4.69, 9.17) is 5.11 Å². The summed E-state index contributed by atoms with van der Waals surface area (Å²) in [7, 11) is -2.76. The number of rotatable bonds is 4. The first-order chi connectivity index (χ1) is 9.37.